The second kappa shape index (κ2) is 11.1. The molecule has 1 aromatic heterocycles. The Hall–Kier alpha value is -3.77. The van der Waals surface area contributed by atoms with Gasteiger partial charge in [0.1, 0.15) is 4.88 Å². The molecule has 6 N–H and O–H groups in total. The summed E-state index contributed by atoms with van der Waals surface area (Å²) >= 11 is 1.10. The summed E-state index contributed by atoms with van der Waals surface area (Å²) in [5, 5.41) is 15.8. The Morgan fingerprint density at radius 1 is 1.00 bits per heavy atom. The number of thiazole rings is 1. The van der Waals surface area contributed by atoms with Gasteiger partial charge in [0.15, 0.2) is 20.9 Å². The van der Waals surface area contributed by atoms with E-state index in [4.69, 9.17) is 11.1 Å². The number of sulfone groups is 1. The van der Waals surface area contributed by atoms with Gasteiger partial charge in [-0.2, -0.15) is 0 Å². The Morgan fingerprint density at radius 3 is 2.20 bits per heavy atom. The van der Waals surface area contributed by atoms with Gasteiger partial charge >= 0.3 is 0 Å². The molecule has 0 saturated heterocycles. The lowest BCUT2D eigenvalue weighted by molar-refractivity contribution is -0.114. The maximum absolute atomic E-state index is 12.9. The van der Waals surface area contributed by atoms with Crippen LogP contribution in [-0.4, -0.2) is 37.4 Å². The second-order valence-corrected chi connectivity index (χ2v) is 10.8. The predicted octanol–water partition coefficient (Wildman–Crippen LogP) is 2.53. The van der Waals surface area contributed by atoms with Gasteiger partial charge in [-0.3, -0.25) is 15.0 Å². The first kappa shape index (κ1) is 25.8. The number of rotatable bonds is 9. The van der Waals surface area contributed by atoms with Gasteiger partial charge in [0.25, 0.3) is 5.91 Å². The maximum Gasteiger partial charge on any atom is 0.263 e. The standard InChI is InChI=1S/C23H26N6O4S2/c1-14(30)27-23-29-19(12-7-15-3-8-17(9-4-15)28-22(24)25)20(34-23)21(31)26-13-16-5-10-18(11-6-16)35(2,32)33/h3-6,8-11H,7,12-13H2,1-2H3,(H,26,31)(H4,24,25,28)(H,27,29,30). The summed E-state index contributed by atoms with van der Waals surface area (Å²) in [7, 11) is -3.29. The summed E-state index contributed by atoms with van der Waals surface area (Å²) in [6, 6.07) is 13.7. The van der Waals surface area contributed by atoms with Crippen molar-refractivity contribution in [1.82, 2.24) is 10.3 Å². The van der Waals surface area contributed by atoms with Gasteiger partial charge in [-0.15, -0.1) is 0 Å². The number of nitrogens with one attached hydrogen (secondary N) is 4. The first-order valence-electron chi connectivity index (χ1n) is 10.6. The second-order valence-electron chi connectivity index (χ2n) is 7.81. The van der Waals surface area contributed by atoms with Gasteiger partial charge in [0, 0.05) is 25.4 Å². The normalized spacial score (nSPS) is 11.0. The highest BCUT2D eigenvalue weighted by molar-refractivity contribution is 7.90. The van der Waals surface area contributed by atoms with E-state index in [1.807, 2.05) is 24.3 Å². The van der Waals surface area contributed by atoms with Crippen LogP contribution in [-0.2, 0) is 34.0 Å². The van der Waals surface area contributed by atoms with Crippen molar-refractivity contribution in [3.63, 3.8) is 0 Å². The van der Waals surface area contributed by atoms with Crippen molar-refractivity contribution in [2.24, 2.45) is 5.73 Å². The lowest BCUT2D eigenvalue weighted by Crippen LogP contribution is -2.23. The van der Waals surface area contributed by atoms with Gasteiger partial charge in [0.05, 0.1) is 10.6 Å². The number of guanidine groups is 1. The minimum absolute atomic E-state index is 0.146. The number of carbonyl (C=O) groups is 2. The molecule has 0 unspecified atom stereocenters. The zero-order valence-corrected chi connectivity index (χ0v) is 20.8. The van der Waals surface area contributed by atoms with Crippen molar-refractivity contribution >= 4 is 49.8 Å². The van der Waals surface area contributed by atoms with E-state index in [0.717, 1.165) is 28.7 Å². The summed E-state index contributed by atoms with van der Waals surface area (Å²) in [5.41, 5.74) is 8.36. The van der Waals surface area contributed by atoms with Crippen LogP contribution in [0.25, 0.3) is 0 Å². The SMILES string of the molecule is CC(=O)Nc1nc(CCc2ccc(NC(=N)N)cc2)c(C(=O)NCc2ccc(S(C)(=O)=O)cc2)s1. The van der Waals surface area contributed by atoms with Crippen molar-refractivity contribution < 1.29 is 18.0 Å². The van der Waals surface area contributed by atoms with Gasteiger partial charge in [-0.25, -0.2) is 13.4 Å². The molecule has 0 aliphatic rings. The van der Waals surface area contributed by atoms with Crippen LogP contribution in [0.4, 0.5) is 10.8 Å². The van der Waals surface area contributed by atoms with Crippen molar-refractivity contribution in [1.29, 1.82) is 5.41 Å². The average Bonchev–Trinajstić information content (AvgIpc) is 3.18. The molecule has 0 aliphatic heterocycles. The molecule has 2 amide bonds. The summed E-state index contributed by atoms with van der Waals surface area (Å²) in [6.07, 6.45) is 2.22. The number of anilines is 2. The van der Waals surface area contributed by atoms with Crippen LogP contribution < -0.4 is 21.7 Å². The van der Waals surface area contributed by atoms with Crippen molar-refractivity contribution in [2.75, 3.05) is 16.9 Å². The number of nitrogens with two attached hydrogens (primary N) is 1. The van der Waals surface area contributed by atoms with Crippen LogP contribution >= 0.6 is 11.3 Å². The fourth-order valence-corrected chi connectivity index (χ4v) is 4.80. The lowest BCUT2D eigenvalue weighted by Gasteiger charge is -2.07. The van der Waals surface area contributed by atoms with E-state index >= 15 is 0 Å². The highest BCUT2D eigenvalue weighted by Gasteiger charge is 2.19. The molecule has 10 nitrogen and oxygen atoms in total. The van der Waals surface area contributed by atoms with E-state index in [1.165, 1.54) is 19.1 Å². The highest BCUT2D eigenvalue weighted by Crippen LogP contribution is 2.25. The zero-order chi connectivity index (χ0) is 25.6. The Labute approximate surface area is 207 Å². The number of aryl methyl sites for hydroxylation is 2. The van der Waals surface area contributed by atoms with E-state index in [9.17, 15) is 18.0 Å². The van der Waals surface area contributed by atoms with Crippen LogP contribution in [0, 0.1) is 5.41 Å². The number of amides is 2. The van der Waals surface area contributed by atoms with E-state index in [0.29, 0.717) is 34.2 Å². The molecule has 0 fully saturated rings. The molecule has 3 aromatic rings. The fourth-order valence-electron chi connectivity index (χ4n) is 3.19. The third-order valence-corrected chi connectivity index (χ3v) is 7.01. The molecule has 184 valence electrons. The molecule has 0 bridgehead atoms. The minimum atomic E-state index is -3.29. The van der Waals surface area contributed by atoms with Crippen molar-refractivity contribution in [3.05, 3.63) is 70.2 Å². The summed E-state index contributed by atoms with van der Waals surface area (Å²) in [6.45, 7) is 1.58. The number of carbonyl (C=O) groups excluding carboxylic acids is 2. The first-order valence-corrected chi connectivity index (χ1v) is 13.3. The molecule has 3 rings (SSSR count). The summed E-state index contributed by atoms with van der Waals surface area (Å²) < 4.78 is 23.2. The Bertz CT molecular complexity index is 1330. The van der Waals surface area contributed by atoms with Crippen LogP contribution in [0.1, 0.15) is 33.4 Å². The lowest BCUT2D eigenvalue weighted by atomic mass is 10.1. The largest absolute Gasteiger partial charge is 0.370 e. The molecular weight excluding hydrogens is 488 g/mol. The number of benzene rings is 2. The van der Waals surface area contributed by atoms with E-state index in [1.54, 1.807) is 12.1 Å². The molecular formula is C23H26N6O4S2. The minimum Gasteiger partial charge on any atom is -0.370 e. The molecule has 0 saturated carbocycles. The third kappa shape index (κ3) is 7.62. The summed E-state index contributed by atoms with van der Waals surface area (Å²) in [5.74, 6) is -0.758. The quantitative estimate of drug-likeness (QED) is 0.216. The molecule has 12 heteroatoms. The fraction of sp³-hybridized carbons (Fsp3) is 0.217. The van der Waals surface area contributed by atoms with E-state index < -0.39 is 9.84 Å². The van der Waals surface area contributed by atoms with Crippen LogP contribution in [0.15, 0.2) is 53.4 Å². The van der Waals surface area contributed by atoms with Crippen LogP contribution in [0.5, 0.6) is 0 Å². The molecule has 0 radical (unpaired) electrons. The van der Waals surface area contributed by atoms with E-state index in [2.05, 4.69) is 20.9 Å². The Kier molecular flexibility index (Phi) is 8.20. The number of hydrogen-bond donors (Lipinski definition) is 5. The highest BCUT2D eigenvalue weighted by atomic mass is 32.2. The molecule has 1 heterocycles. The number of hydrogen-bond acceptors (Lipinski definition) is 7. The smallest absolute Gasteiger partial charge is 0.263 e. The molecule has 0 spiro atoms. The van der Waals surface area contributed by atoms with E-state index in [-0.39, 0.29) is 29.2 Å². The third-order valence-electron chi connectivity index (χ3n) is 4.87. The van der Waals surface area contributed by atoms with Gasteiger partial charge in [-0.1, -0.05) is 35.6 Å². The van der Waals surface area contributed by atoms with Crippen LogP contribution in [0.2, 0.25) is 0 Å². The summed E-state index contributed by atoms with van der Waals surface area (Å²) in [4.78, 5) is 29.5. The van der Waals surface area contributed by atoms with Gasteiger partial charge in [0.2, 0.25) is 5.91 Å². The zero-order valence-electron chi connectivity index (χ0n) is 19.2. The molecule has 0 aliphatic carbocycles. The topological polar surface area (TPSA) is 167 Å². The van der Waals surface area contributed by atoms with Crippen molar-refractivity contribution in [2.45, 2.75) is 31.2 Å². The average molecular weight is 515 g/mol. The Balaban J connectivity index is 1.70. The molecule has 0 atom stereocenters. The van der Waals surface area contributed by atoms with Gasteiger partial charge in [-0.05, 0) is 48.2 Å². The monoisotopic (exact) mass is 514 g/mol. The van der Waals surface area contributed by atoms with Gasteiger partial charge < -0.3 is 21.7 Å². The molecule has 35 heavy (non-hydrogen) atoms. The molecule has 2 aromatic carbocycles. The number of nitrogens with zero attached hydrogens (tertiary/aromatic N) is 1. The number of aromatic nitrogens is 1. The predicted molar refractivity (Wildman–Crippen MR) is 137 cm³/mol. The Morgan fingerprint density at radius 2 is 1.63 bits per heavy atom. The maximum atomic E-state index is 12.9. The van der Waals surface area contributed by atoms with Crippen LogP contribution in [0.3, 0.4) is 0 Å². The first-order chi connectivity index (χ1) is 16.5. The van der Waals surface area contributed by atoms with Crippen molar-refractivity contribution in [3.8, 4) is 0 Å².